The fourth-order valence-corrected chi connectivity index (χ4v) is 1.01. The summed E-state index contributed by atoms with van der Waals surface area (Å²) in [5.41, 5.74) is 5.74. The Labute approximate surface area is 84.5 Å². The van der Waals surface area contributed by atoms with Crippen LogP contribution in [0.3, 0.4) is 0 Å². The molecule has 0 aliphatic heterocycles. The van der Waals surface area contributed by atoms with E-state index in [0.29, 0.717) is 0 Å². The molecule has 0 radical (unpaired) electrons. The lowest BCUT2D eigenvalue weighted by Crippen LogP contribution is -2.35. The zero-order chi connectivity index (χ0) is 10.6. The lowest BCUT2D eigenvalue weighted by molar-refractivity contribution is 0.414. The Morgan fingerprint density at radius 2 is 2.21 bits per heavy atom. The zero-order valence-corrected chi connectivity index (χ0v) is 8.82. The second-order valence-corrected chi connectivity index (χ2v) is 3.35. The van der Waals surface area contributed by atoms with Crippen LogP contribution in [0, 0.1) is 0 Å². The van der Waals surface area contributed by atoms with E-state index in [1.807, 2.05) is 26.0 Å². The molecule has 1 heterocycles. The number of hydrogen-bond donors (Lipinski definition) is 2. The van der Waals surface area contributed by atoms with Gasteiger partial charge in [0, 0.05) is 18.3 Å². The quantitative estimate of drug-likeness (QED) is 0.758. The molecule has 4 heteroatoms. The maximum atomic E-state index is 5.74. The third kappa shape index (κ3) is 2.60. The number of nitrogens with one attached hydrogen (secondary N) is 1. The number of nitrogens with zero attached hydrogens (tertiary/aromatic N) is 1. The fraction of sp³-hybridized carbons (Fsp3) is 0.500. The highest BCUT2D eigenvalue weighted by Crippen LogP contribution is 2.20. The SMILES string of the molecule is COc1cccnc1NC(C)C(C)N. The van der Waals surface area contributed by atoms with E-state index in [1.165, 1.54) is 0 Å². The molecule has 2 atom stereocenters. The van der Waals surface area contributed by atoms with Crippen LogP contribution < -0.4 is 15.8 Å². The van der Waals surface area contributed by atoms with Crippen LogP contribution in [0.4, 0.5) is 5.82 Å². The second-order valence-electron chi connectivity index (χ2n) is 3.35. The predicted octanol–water partition coefficient (Wildman–Crippen LogP) is 1.24. The van der Waals surface area contributed by atoms with Crippen molar-refractivity contribution in [2.75, 3.05) is 12.4 Å². The first-order chi connectivity index (χ1) is 6.65. The molecule has 4 nitrogen and oxygen atoms in total. The third-order valence-corrected chi connectivity index (χ3v) is 2.14. The number of hydrogen-bond acceptors (Lipinski definition) is 4. The van der Waals surface area contributed by atoms with Crippen molar-refractivity contribution in [3.05, 3.63) is 18.3 Å². The van der Waals surface area contributed by atoms with Gasteiger partial charge in [-0.1, -0.05) is 0 Å². The van der Waals surface area contributed by atoms with Gasteiger partial charge in [-0.05, 0) is 26.0 Å². The Morgan fingerprint density at radius 1 is 1.50 bits per heavy atom. The van der Waals surface area contributed by atoms with Crippen molar-refractivity contribution in [2.45, 2.75) is 25.9 Å². The number of rotatable bonds is 4. The molecule has 1 aromatic rings. The van der Waals surface area contributed by atoms with E-state index in [1.54, 1.807) is 13.3 Å². The molecule has 14 heavy (non-hydrogen) atoms. The molecule has 1 rings (SSSR count). The highest BCUT2D eigenvalue weighted by Gasteiger charge is 2.10. The van der Waals surface area contributed by atoms with Crippen molar-refractivity contribution < 1.29 is 4.74 Å². The Bertz CT molecular complexity index is 288. The van der Waals surface area contributed by atoms with Crippen molar-refractivity contribution >= 4 is 5.82 Å². The van der Waals surface area contributed by atoms with Crippen LogP contribution in [0.5, 0.6) is 5.75 Å². The lowest BCUT2D eigenvalue weighted by Gasteiger charge is -2.19. The highest BCUT2D eigenvalue weighted by atomic mass is 16.5. The molecule has 0 aliphatic carbocycles. The smallest absolute Gasteiger partial charge is 0.168 e. The molecule has 0 spiro atoms. The van der Waals surface area contributed by atoms with Crippen LogP contribution in [0.15, 0.2) is 18.3 Å². The van der Waals surface area contributed by atoms with Crippen molar-refractivity contribution in [2.24, 2.45) is 5.73 Å². The molecule has 0 aliphatic rings. The first-order valence-corrected chi connectivity index (χ1v) is 4.66. The average Bonchev–Trinajstić information content (AvgIpc) is 2.18. The maximum Gasteiger partial charge on any atom is 0.168 e. The van der Waals surface area contributed by atoms with E-state index in [-0.39, 0.29) is 12.1 Å². The summed E-state index contributed by atoms with van der Waals surface area (Å²) in [4.78, 5) is 4.18. The fourth-order valence-electron chi connectivity index (χ4n) is 1.01. The van der Waals surface area contributed by atoms with Gasteiger partial charge in [-0.2, -0.15) is 0 Å². The second kappa shape index (κ2) is 4.81. The number of pyridine rings is 1. The van der Waals surface area contributed by atoms with Crippen LogP contribution in [-0.2, 0) is 0 Å². The van der Waals surface area contributed by atoms with Gasteiger partial charge in [0.05, 0.1) is 7.11 Å². The first kappa shape index (κ1) is 10.8. The standard InChI is InChI=1S/C10H17N3O/c1-7(11)8(2)13-10-9(14-3)5-4-6-12-10/h4-8H,11H2,1-3H3,(H,12,13). The third-order valence-electron chi connectivity index (χ3n) is 2.14. The minimum Gasteiger partial charge on any atom is -0.493 e. The highest BCUT2D eigenvalue weighted by molar-refractivity contribution is 5.50. The largest absolute Gasteiger partial charge is 0.493 e. The van der Waals surface area contributed by atoms with E-state index < -0.39 is 0 Å². The number of aromatic nitrogens is 1. The van der Waals surface area contributed by atoms with Gasteiger partial charge in [0.1, 0.15) is 0 Å². The Balaban J connectivity index is 2.75. The number of nitrogens with two attached hydrogens (primary N) is 1. The number of methoxy groups -OCH3 is 1. The van der Waals surface area contributed by atoms with E-state index >= 15 is 0 Å². The minimum atomic E-state index is 0.0710. The lowest BCUT2D eigenvalue weighted by atomic mass is 10.2. The van der Waals surface area contributed by atoms with Gasteiger partial charge >= 0.3 is 0 Å². The molecule has 2 unspecified atom stereocenters. The molecule has 0 fully saturated rings. The van der Waals surface area contributed by atoms with E-state index in [9.17, 15) is 0 Å². The Kier molecular flexibility index (Phi) is 3.71. The summed E-state index contributed by atoms with van der Waals surface area (Å²) in [6.45, 7) is 3.96. The Hall–Kier alpha value is -1.29. The van der Waals surface area contributed by atoms with Crippen LogP contribution in [0.1, 0.15) is 13.8 Å². The number of anilines is 1. The van der Waals surface area contributed by atoms with Gasteiger partial charge in [-0.25, -0.2) is 4.98 Å². The van der Waals surface area contributed by atoms with Crippen LogP contribution >= 0.6 is 0 Å². The van der Waals surface area contributed by atoms with E-state index in [2.05, 4.69) is 10.3 Å². The topological polar surface area (TPSA) is 60.2 Å². The average molecular weight is 195 g/mol. The first-order valence-electron chi connectivity index (χ1n) is 4.66. The molecule has 3 N–H and O–H groups in total. The van der Waals surface area contributed by atoms with Crippen molar-refractivity contribution in [3.63, 3.8) is 0 Å². The molecule has 78 valence electrons. The molecule has 0 bridgehead atoms. The van der Waals surface area contributed by atoms with Gasteiger partial charge in [0.15, 0.2) is 11.6 Å². The monoisotopic (exact) mass is 195 g/mol. The van der Waals surface area contributed by atoms with Crippen LogP contribution in [0.2, 0.25) is 0 Å². The summed E-state index contributed by atoms with van der Waals surface area (Å²) >= 11 is 0. The predicted molar refractivity (Wildman–Crippen MR) is 57.5 cm³/mol. The molecule has 0 saturated carbocycles. The van der Waals surface area contributed by atoms with Gasteiger partial charge in [0.25, 0.3) is 0 Å². The van der Waals surface area contributed by atoms with Crippen LogP contribution in [-0.4, -0.2) is 24.2 Å². The van der Waals surface area contributed by atoms with E-state index in [4.69, 9.17) is 10.5 Å². The van der Waals surface area contributed by atoms with Gasteiger partial charge in [-0.3, -0.25) is 0 Å². The van der Waals surface area contributed by atoms with Crippen LogP contribution in [0.25, 0.3) is 0 Å². The summed E-state index contributed by atoms with van der Waals surface area (Å²) in [6, 6.07) is 3.93. The number of ether oxygens (including phenoxy) is 1. The van der Waals surface area contributed by atoms with Crippen molar-refractivity contribution in [1.29, 1.82) is 0 Å². The molecule has 0 saturated heterocycles. The summed E-state index contributed by atoms with van der Waals surface area (Å²) in [5.74, 6) is 1.47. The molecular formula is C10H17N3O. The van der Waals surface area contributed by atoms with Crippen molar-refractivity contribution in [3.8, 4) is 5.75 Å². The summed E-state index contributed by atoms with van der Waals surface area (Å²) in [5, 5.41) is 3.20. The summed E-state index contributed by atoms with van der Waals surface area (Å²) < 4.78 is 5.16. The van der Waals surface area contributed by atoms with Gasteiger partial charge < -0.3 is 15.8 Å². The summed E-state index contributed by atoms with van der Waals surface area (Å²) in [6.07, 6.45) is 1.72. The van der Waals surface area contributed by atoms with Gasteiger partial charge in [0.2, 0.25) is 0 Å². The normalized spacial score (nSPS) is 14.6. The van der Waals surface area contributed by atoms with E-state index in [0.717, 1.165) is 11.6 Å². The molecule has 0 aromatic carbocycles. The Morgan fingerprint density at radius 3 is 2.79 bits per heavy atom. The van der Waals surface area contributed by atoms with Crippen molar-refractivity contribution in [1.82, 2.24) is 4.98 Å². The zero-order valence-electron chi connectivity index (χ0n) is 8.82. The maximum absolute atomic E-state index is 5.74. The minimum absolute atomic E-state index is 0.0710. The van der Waals surface area contributed by atoms with Gasteiger partial charge in [-0.15, -0.1) is 0 Å². The summed E-state index contributed by atoms with van der Waals surface area (Å²) in [7, 11) is 1.62. The molecule has 0 amide bonds. The molecule has 1 aromatic heterocycles. The molecular weight excluding hydrogens is 178 g/mol.